The topological polar surface area (TPSA) is 37.0 Å². The first-order chi connectivity index (χ1) is 13.6. The number of benzene rings is 3. The highest BCUT2D eigenvalue weighted by Gasteiger charge is 2.06. The number of para-hydroxylation sites is 1. The summed E-state index contributed by atoms with van der Waals surface area (Å²) >= 11 is 7.21. The van der Waals surface area contributed by atoms with E-state index in [9.17, 15) is 0 Å². The van der Waals surface area contributed by atoms with Crippen molar-refractivity contribution in [3.05, 3.63) is 88.4 Å². The fourth-order valence-electron chi connectivity index (χ4n) is 3.11. The Labute approximate surface area is 174 Å². The van der Waals surface area contributed by atoms with Crippen LogP contribution in [0, 0.1) is 13.8 Å². The zero-order valence-corrected chi connectivity index (χ0v) is 17.5. The van der Waals surface area contributed by atoms with Gasteiger partial charge in [-0.2, -0.15) is 0 Å². The normalized spacial score (nSPS) is 10.8. The van der Waals surface area contributed by atoms with Gasteiger partial charge in [0.15, 0.2) is 5.11 Å². The van der Waals surface area contributed by atoms with E-state index in [4.69, 9.17) is 17.2 Å². The van der Waals surface area contributed by atoms with Crippen molar-refractivity contribution in [2.75, 3.05) is 10.6 Å². The maximum Gasteiger partial charge on any atom is 0.175 e. The lowest BCUT2D eigenvalue weighted by Gasteiger charge is -2.13. The largest absolute Gasteiger partial charge is 0.332 e. The fourth-order valence-corrected chi connectivity index (χ4v) is 4.34. The van der Waals surface area contributed by atoms with E-state index >= 15 is 0 Å². The number of thiocarbonyl (C=S) groups is 1. The molecule has 1 heterocycles. The molecule has 0 aliphatic rings. The SMILES string of the molecule is Cc1ccc(NC(=S)Nc2ccc(Cc3nc4ccccc4s3)cc2)c(C)c1. The molecule has 140 valence electrons. The number of fused-ring (bicyclic) bond motifs is 1. The zero-order valence-electron chi connectivity index (χ0n) is 15.8. The lowest BCUT2D eigenvalue weighted by molar-refractivity contribution is 1.16. The third-order valence-electron chi connectivity index (χ3n) is 4.54. The second-order valence-corrected chi connectivity index (χ2v) is 8.37. The summed E-state index contributed by atoms with van der Waals surface area (Å²) in [7, 11) is 0. The number of nitrogens with one attached hydrogen (secondary N) is 2. The van der Waals surface area contributed by atoms with Crippen molar-refractivity contribution >= 4 is 50.3 Å². The van der Waals surface area contributed by atoms with Crippen molar-refractivity contribution in [2.24, 2.45) is 0 Å². The molecule has 0 saturated heterocycles. The first kappa shape index (κ1) is 18.6. The number of anilines is 2. The van der Waals surface area contributed by atoms with E-state index in [-0.39, 0.29) is 0 Å². The summed E-state index contributed by atoms with van der Waals surface area (Å²) in [6.45, 7) is 4.16. The van der Waals surface area contributed by atoms with Crippen LogP contribution in [0.25, 0.3) is 10.2 Å². The smallest absolute Gasteiger partial charge is 0.175 e. The molecule has 0 radical (unpaired) electrons. The van der Waals surface area contributed by atoms with E-state index in [2.05, 4.69) is 85.1 Å². The first-order valence-electron chi connectivity index (χ1n) is 9.15. The Morgan fingerprint density at radius 3 is 2.50 bits per heavy atom. The molecular formula is C23H21N3S2. The van der Waals surface area contributed by atoms with Crippen molar-refractivity contribution in [3.8, 4) is 0 Å². The molecular weight excluding hydrogens is 382 g/mol. The Morgan fingerprint density at radius 1 is 0.964 bits per heavy atom. The minimum Gasteiger partial charge on any atom is -0.332 e. The number of hydrogen-bond donors (Lipinski definition) is 2. The summed E-state index contributed by atoms with van der Waals surface area (Å²) < 4.78 is 1.23. The van der Waals surface area contributed by atoms with Crippen LogP contribution >= 0.6 is 23.6 Å². The zero-order chi connectivity index (χ0) is 19.5. The highest BCUT2D eigenvalue weighted by atomic mass is 32.1. The minimum atomic E-state index is 0.589. The molecule has 0 atom stereocenters. The predicted molar refractivity (Wildman–Crippen MR) is 125 cm³/mol. The first-order valence-corrected chi connectivity index (χ1v) is 10.4. The molecule has 3 aromatic carbocycles. The van der Waals surface area contributed by atoms with E-state index in [1.807, 2.05) is 6.07 Å². The van der Waals surface area contributed by atoms with Crippen molar-refractivity contribution in [1.29, 1.82) is 0 Å². The highest BCUT2D eigenvalue weighted by Crippen LogP contribution is 2.24. The number of nitrogens with zero attached hydrogens (tertiary/aromatic N) is 1. The van der Waals surface area contributed by atoms with Crippen molar-refractivity contribution in [1.82, 2.24) is 4.98 Å². The van der Waals surface area contributed by atoms with Crippen LogP contribution < -0.4 is 10.6 Å². The molecule has 3 nitrogen and oxygen atoms in total. The minimum absolute atomic E-state index is 0.589. The van der Waals surface area contributed by atoms with Gasteiger partial charge in [-0.05, 0) is 67.5 Å². The van der Waals surface area contributed by atoms with Gasteiger partial charge in [-0.15, -0.1) is 11.3 Å². The molecule has 4 rings (SSSR count). The number of thiazole rings is 1. The number of rotatable bonds is 4. The highest BCUT2D eigenvalue weighted by molar-refractivity contribution is 7.80. The van der Waals surface area contributed by atoms with Gasteiger partial charge < -0.3 is 10.6 Å². The second-order valence-electron chi connectivity index (χ2n) is 6.85. The van der Waals surface area contributed by atoms with Gasteiger partial charge in [0.05, 0.1) is 15.2 Å². The van der Waals surface area contributed by atoms with E-state index < -0.39 is 0 Å². The Morgan fingerprint density at radius 2 is 1.75 bits per heavy atom. The van der Waals surface area contributed by atoms with Crippen LogP contribution in [0.4, 0.5) is 11.4 Å². The van der Waals surface area contributed by atoms with Gasteiger partial charge in [0.25, 0.3) is 0 Å². The molecule has 0 bridgehead atoms. The Balaban J connectivity index is 1.39. The molecule has 0 amide bonds. The summed E-state index contributed by atoms with van der Waals surface area (Å²) in [6, 6.07) is 22.9. The molecule has 5 heteroatoms. The van der Waals surface area contributed by atoms with E-state index in [0.29, 0.717) is 5.11 Å². The van der Waals surface area contributed by atoms with Crippen LogP contribution in [0.2, 0.25) is 0 Å². The molecule has 1 aromatic heterocycles. The maximum atomic E-state index is 5.45. The quantitative estimate of drug-likeness (QED) is 0.391. The average molecular weight is 404 g/mol. The summed E-state index contributed by atoms with van der Waals surface area (Å²) in [4.78, 5) is 4.71. The van der Waals surface area contributed by atoms with Gasteiger partial charge in [0.1, 0.15) is 0 Å². The van der Waals surface area contributed by atoms with Crippen molar-refractivity contribution < 1.29 is 0 Å². The summed E-state index contributed by atoms with van der Waals surface area (Å²) in [5, 5.41) is 8.24. The number of aromatic nitrogens is 1. The van der Waals surface area contributed by atoms with E-state index in [1.165, 1.54) is 21.4 Å². The molecule has 28 heavy (non-hydrogen) atoms. The Kier molecular flexibility index (Phi) is 5.37. The van der Waals surface area contributed by atoms with E-state index in [1.54, 1.807) is 11.3 Å². The van der Waals surface area contributed by atoms with Crippen LogP contribution in [0.15, 0.2) is 66.7 Å². The van der Waals surface area contributed by atoms with Gasteiger partial charge in [0, 0.05) is 17.8 Å². The molecule has 0 saturated carbocycles. The van der Waals surface area contributed by atoms with Crippen LogP contribution in [0.3, 0.4) is 0 Å². The fraction of sp³-hybridized carbons (Fsp3) is 0.130. The third-order valence-corrected chi connectivity index (χ3v) is 5.78. The third kappa shape index (κ3) is 4.38. The molecule has 0 unspecified atom stereocenters. The number of hydrogen-bond acceptors (Lipinski definition) is 3. The Hall–Kier alpha value is -2.76. The van der Waals surface area contributed by atoms with Crippen LogP contribution in [0.1, 0.15) is 21.7 Å². The van der Waals surface area contributed by atoms with Gasteiger partial charge >= 0.3 is 0 Å². The molecule has 0 aliphatic heterocycles. The van der Waals surface area contributed by atoms with Crippen LogP contribution in [0.5, 0.6) is 0 Å². The van der Waals surface area contributed by atoms with Crippen LogP contribution in [-0.2, 0) is 6.42 Å². The monoisotopic (exact) mass is 403 g/mol. The standard InChI is InChI=1S/C23H21N3S2/c1-15-7-12-19(16(2)13-15)26-23(27)24-18-10-8-17(9-11-18)14-22-25-20-5-3-4-6-21(20)28-22/h3-13H,14H2,1-2H3,(H2,24,26,27). The lowest BCUT2D eigenvalue weighted by Crippen LogP contribution is -2.19. The summed E-state index contributed by atoms with van der Waals surface area (Å²) in [6.07, 6.45) is 0.838. The Bertz CT molecular complexity index is 1100. The van der Waals surface area contributed by atoms with Crippen molar-refractivity contribution in [3.63, 3.8) is 0 Å². The summed E-state index contributed by atoms with van der Waals surface area (Å²) in [5.74, 6) is 0. The maximum absolute atomic E-state index is 5.45. The predicted octanol–water partition coefficient (Wildman–Crippen LogP) is 6.31. The number of aryl methyl sites for hydroxylation is 2. The molecule has 2 N–H and O–H groups in total. The average Bonchev–Trinajstić information content (AvgIpc) is 3.08. The van der Waals surface area contributed by atoms with Crippen LogP contribution in [-0.4, -0.2) is 10.1 Å². The van der Waals surface area contributed by atoms with E-state index in [0.717, 1.165) is 28.3 Å². The molecule has 0 fully saturated rings. The lowest BCUT2D eigenvalue weighted by atomic mass is 10.1. The van der Waals surface area contributed by atoms with Crippen molar-refractivity contribution in [2.45, 2.75) is 20.3 Å². The van der Waals surface area contributed by atoms with Gasteiger partial charge in [-0.25, -0.2) is 4.98 Å². The summed E-state index contributed by atoms with van der Waals surface area (Å²) in [5.41, 5.74) is 6.72. The van der Waals surface area contributed by atoms with Gasteiger partial charge in [-0.3, -0.25) is 0 Å². The second kappa shape index (κ2) is 8.09. The molecule has 0 spiro atoms. The molecule has 0 aliphatic carbocycles. The molecule has 4 aromatic rings. The van der Waals surface area contributed by atoms with Gasteiger partial charge in [-0.1, -0.05) is 42.0 Å². The van der Waals surface area contributed by atoms with Gasteiger partial charge in [0.2, 0.25) is 0 Å².